The highest BCUT2D eigenvalue weighted by Gasteiger charge is 2.32. The summed E-state index contributed by atoms with van der Waals surface area (Å²) >= 11 is 12.7. The van der Waals surface area contributed by atoms with Gasteiger partial charge in [0.1, 0.15) is 0 Å². The molecular formula is C17H22Cl2N2. The molecule has 0 saturated carbocycles. The van der Waals surface area contributed by atoms with Gasteiger partial charge in [0.15, 0.2) is 0 Å². The molecule has 0 saturated heterocycles. The molecule has 0 atom stereocenters. The molecule has 0 unspecified atom stereocenters. The maximum absolute atomic E-state index is 6.34. The second-order valence-electron chi connectivity index (χ2n) is 5.70. The molecule has 0 aliphatic rings. The molecule has 0 spiro atoms. The monoisotopic (exact) mass is 324 g/mol. The van der Waals surface area contributed by atoms with E-state index in [1.54, 1.807) is 0 Å². The zero-order valence-electron chi connectivity index (χ0n) is 12.9. The van der Waals surface area contributed by atoms with Crippen LogP contribution in [0.3, 0.4) is 0 Å². The third-order valence-corrected chi connectivity index (χ3v) is 5.07. The molecule has 0 N–H and O–H groups in total. The predicted octanol–water partition coefficient (Wildman–Crippen LogP) is 4.25. The first-order chi connectivity index (χ1) is 10.0. The SMILES string of the molecule is CCc1cc(CC(CCl)(CCl)c2cccc(C)c2)n(C)n1. The van der Waals surface area contributed by atoms with Gasteiger partial charge in [-0.25, -0.2) is 0 Å². The van der Waals surface area contributed by atoms with Crippen LogP contribution in [0.1, 0.15) is 29.4 Å². The van der Waals surface area contributed by atoms with Gasteiger partial charge in [0.25, 0.3) is 0 Å². The van der Waals surface area contributed by atoms with Crippen LogP contribution in [0.4, 0.5) is 0 Å². The largest absolute Gasteiger partial charge is 0.272 e. The van der Waals surface area contributed by atoms with Crippen molar-refractivity contribution in [2.75, 3.05) is 11.8 Å². The van der Waals surface area contributed by atoms with E-state index in [0.717, 1.165) is 18.5 Å². The molecule has 0 amide bonds. The predicted molar refractivity (Wildman–Crippen MR) is 90.6 cm³/mol. The first-order valence-corrected chi connectivity index (χ1v) is 8.32. The summed E-state index contributed by atoms with van der Waals surface area (Å²) < 4.78 is 1.95. The van der Waals surface area contributed by atoms with Gasteiger partial charge < -0.3 is 0 Å². The van der Waals surface area contributed by atoms with E-state index < -0.39 is 0 Å². The summed E-state index contributed by atoms with van der Waals surface area (Å²) in [7, 11) is 1.98. The van der Waals surface area contributed by atoms with Crippen LogP contribution in [0.5, 0.6) is 0 Å². The van der Waals surface area contributed by atoms with Crippen molar-refractivity contribution in [1.82, 2.24) is 9.78 Å². The minimum atomic E-state index is -0.256. The highest BCUT2D eigenvalue weighted by Crippen LogP contribution is 2.32. The van der Waals surface area contributed by atoms with Crippen LogP contribution >= 0.6 is 23.2 Å². The van der Waals surface area contributed by atoms with Crippen molar-refractivity contribution in [2.45, 2.75) is 32.1 Å². The van der Waals surface area contributed by atoms with E-state index in [-0.39, 0.29) is 5.41 Å². The van der Waals surface area contributed by atoms with E-state index in [0.29, 0.717) is 11.8 Å². The second-order valence-corrected chi connectivity index (χ2v) is 6.23. The smallest absolute Gasteiger partial charge is 0.0624 e. The summed E-state index contributed by atoms with van der Waals surface area (Å²) in [4.78, 5) is 0. The highest BCUT2D eigenvalue weighted by atomic mass is 35.5. The summed E-state index contributed by atoms with van der Waals surface area (Å²) in [5.74, 6) is 0.985. The Balaban J connectivity index is 2.40. The topological polar surface area (TPSA) is 17.8 Å². The maximum atomic E-state index is 6.34. The molecule has 114 valence electrons. The van der Waals surface area contributed by atoms with E-state index in [1.807, 2.05) is 11.7 Å². The summed E-state index contributed by atoms with van der Waals surface area (Å²) in [5, 5.41) is 4.52. The molecule has 0 aliphatic heterocycles. The van der Waals surface area contributed by atoms with E-state index in [9.17, 15) is 0 Å². The lowest BCUT2D eigenvalue weighted by Gasteiger charge is -2.30. The molecular weight excluding hydrogens is 303 g/mol. The van der Waals surface area contributed by atoms with Crippen molar-refractivity contribution in [2.24, 2.45) is 7.05 Å². The molecule has 1 heterocycles. The molecule has 2 rings (SSSR count). The highest BCUT2D eigenvalue weighted by molar-refractivity contribution is 6.22. The normalized spacial score (nSPS) is 11.9. The fourth-order valence-corrected chi connectivity index (χ4v) is 3.40. The van der Waals surface area contributed by atoms with Crippen molar-refractivity contribution < 1.29 is 0 Å². The van der Waals surface area contributed by atoms with E-state index in [2.05, 4.69) is 49.3 Å². The van der Waals surface area contributed by atoms with Gasteiger partial charge in [0.2, 0.25) is 0 Å². The van der Waals surface area contributed by atoms with Gasteiger partial charge >= 0.3 is 0 Å². The fraction of sp³-hybridized carbons (Fsp3) is 0.471. The number of benzene rings is 1. The van der Waals surface area contributed by atoms with E-state index in [1.165, 1.54) is 16.8 Å². The third kappa shape index (κ3) is 3.44. The first kappa shape index (κ1) is 16.4. The number of hydrogen-bond acceptors (Lipinski definition) is 1. The summed E-state index contributed by atoms with van der Waals surface area (Å²) in [6, 6.07) is 10.6. The summed E-state index contributed by atoms with van der Waals surface area (Å²) in [6.45, 7) is 4.21. The Hall–Kier alpha value is -0.990. The van der Waals surface area contributed by atoms with E-state index >= 15 is 0 Å². The Kier molecular flexibility index (Phi) is 5.34. The number of hydrogen-bond donors (Lipinski definition) is 0. The number of aromatic nitrogens is 2. The average Bonchev–Trinajstić information content (AvgIpc) is 2.85. The van der Waals surface area contributed by atoms with Crippen molar-refractivity contribution in [3.8, 4) is 0 Å². The minimum absolute atomic E-state index is 0.256. The van der Waals surface area contributed by atoms with Gasteiger partial charge in [-0.1, -0.05) is 36.8 Å². The van der Waals surface area contributed by atoms with Crippen molar-refractivity contribution in [3.05, 3.63) is 52.8 Å². The summed E-state index contributed by atoms with van der Waals surface area (Å²) in [6.07, 6.45) is 1.74. The Morgan fingerprint density at radius 1 is 1.19 bits per heavy atom. The van der Waals surface area contributed by atoms with Crippen LogP contribution in [0.2, 0.25) is 0 Å². The van der Waals surface area contributed by atoms with Crippen LogP contribution < -0.4 is 0 Å². The molecule has 0 radical (unpaired) electrons. The van der Waals surface area contributed by atoms with Crippen LogP contribution in [0.25, 0.3) is 0 Å². The molecule has 1 aromatic heterocycles. The zero-order valence-corrected chi connectivity index (χ0v) is 14.4. The fourth-order valence-electron chi connectivity index (χ4n) is 2.62. The molecule has 2 aromatic rings. The van der Waals surface area contributed by atoms with Gasteiger partial charge in [-0.05, 0) is 25.0 Å². The Morgan fingerprint density at radius 2 is 1.90 bits per heavy atom. The molecule has 0 bridgehead atoms. The number of halogens is 2. The van der Waals surface area contributed by atoms with Gasteiger partial charge in [-0.3, -0.25) is 4.68 Å². The van der Waals surface area contributed by atoms with Crippen molar-refractivity contribution >= 4 is 23.2 Å². The Morgan fingerprint density at radius 3 is 2.43 bits per heavy atom. The van der Waals surface area contributed by atoms with Gasteiger partial charge in [-0.2, -0.15) is 5.10 Å². The quantitative estimate of drug-likeness (QED) is 0.726. The zero-order chi connectivity index (χ0) is 15.5. The summed E-state index contributed by atoms with van der Waals surface area (Å²) in [5.41, 5.74) is 4.45. The Labute approximate surface area is 137 Å². The lowest BCUT2D eigenvalue weighted by molar-refractivity contribution is 0.510. The lowest BCUT2D eigenvalue weighted by atomic mass is 9.79. The van der Waals surface area contributed by atoms with Crippen molar-refractivity contribution in [1.29, 1.82) is 0 Å². The molecule has 4 heteroatoms. The van der Waals surface area contributed by atoms with Crippen LogP contribution in [-0.2, 0) is 25.3 Å². The third-order valence-electron chi connectivity index (χ3n) is 4.05. The van der Waals surface area contributed by atoms with Gasteiger partial charge in [-0.15, -0.1) is 23.2 Å². The second kappa shape index (κ2) is 6.85. The number of nitrogens with zero attached hydrogens (tertiary/aromatic N) is 2. The minimum Gasteiger partial charge on any atom is -0.272 e. The molecule has 0 fully saturated rings. The Bertz CT molecular complexity index is 601. The van der Waals surface area contributed by atoms with Crippen LogP contribution in [0.15, 0.2) is 30.3 Å². The van der Waals surface area contributed by atoms with E-state index in [4.69, 9.17) is 23.2 Å². The average molecular weight is 325 g/mol. The molecule has 21 heavy (non-hydrogen) atoms. The maximum Gasteiger partial charge on any atom is 0.0624 e. The van der Waals surface area contributed by atoms with Crippen LogP contribution in [0, 0.1) is 6.92 Å². The van der Waals surface area contributed by atoms with Gasteiger partial charge in [0.05, 0.1) is 5.69 Å². The molecule has 0 aliphatic carbocycles. The number of alkyl halides is 2. The first-order valence-electron chi connectivity index (χ1n) is 7.25. The lowest BCUT2D eigenvalue weighted by Crippen LogP contribution is -2.34. The standard InChI is InChI=1S/C17H22Cl2N2/c1-4-15-9-16(21(3)20-15)10-17(11-18,12-19)14-7-5-6-13(2)8-14/h5-9H,4,10-12H2,1-3H3. The molecule has 1 aromatic carbocycles. The number of aryl methyl sites for hydroxylation is 3. The molecule has 2 nitrogen and oxygen atoms in total. The van der Waals surface area contributed by atoms with Gasteiger partial charge in [0, 0.05) is 36.3 Å². The number of rotatable bonds is 6. The van der Waals surface area contributed by atoms with Crippen molar-refractivity contribution in [3.63, 3.8) is 0 Å². The van der Waals surface area contributed by atoms with Crippen LogP contribution in [-0.4, -0.2) is 21.5 Å².